The van der Waals surface area contributed by atoms with Crippen molar-refractivity contribution in [3.05, 3.63) is 28.8 Å². The van der Waals surface area contributed by atoms with Gasteiger partial charge in [0.05, 0.1) is 6.10 Å². The molecule has 0 amide bonds. The monoisotopic (exact) mass is 269 g/mol. The Morgan fingerprint density at radius 1 is 1.39 bits per heavy atom. The fourth-order valence-electron chi connectivity index (χ4n) is 2.36. The molecule has 18 heavy (non-hydrogen) atoms. The predicted octanol–water partition coefficient (Wildman–Crippen LogP) is 3.04. The largest absolute Gasteiger partial charge is 0.487 e. The molecular weight excluding hydrogens is 250 g/mol. The zero-order chi connectivity index (χ0) is 13.1. The highest BCUT2D eigenvalue weighted by molar-refractivity contribution is 6.30. The van der Waals surface area contributed by atoms with E-state index in [-0.39, 0.29) is 18.2 Å². The lowest BCUT2D eigenvalue weighted by Crippen LogP contribution is -2.35. The van der Waals surface area contributed by atoms with E-state index in [9.17, 15) is 5.11 Å². The summed E-state index contributed by atoms with van der Waals surface area (Å²) in [5, 5.41) is 10.6. The van der Waals surface area contributed by atoms with Crippen molar-refractivity contribution in [3.63, 3.8) is 0 Å². The number of ether oxygens (including phenoxy) is 1. The van der Waals surface area contributed by atoms with Crippen LogP contribution in [0.25, 0.3) is 0 Å². The number of aliphatic hydroxyl groups is 1. The van der Waals surface area contributed by atoms with E-state index in [1.54, 1.807) is 6.07 Å². The molecule has 1 aliphatic carbocycles. The second kappa shape index (κ2) is 5.91. The fraction of sp³-hybridized carbons (Fsp3) is 0.571. The summed E-state index contributed by atoms with van der Waals surface area (Å²) in [5.74, 6) is 0.736. The molecular formula is C14H20ClNO2. The maximum atomic E-state index is 9.93. The maximum Gasteiger partial charge on any atom is 0.124 e. The summed E-state index contributed by atoms with van der Waals surface area (Å²) in [7, 11) is 0. The molecule has 0 radical (unpaired) electrons. The summed E-state index contributed by atoms with van der Waals surface area (Å²) in [4.78, 5) is 0. The molecule has 3 atom stereocenters. The molecule has 0 heterocycles. The summed E-state index contributed by atoms with van der Waals surface area (Å²) in [6, 6.07) is 5.32. The van der Waals surface area contributed by atoms with Crippen molar-refractivity contribution >= 4 is 11.6 Å². The third kappa shape index (κ3) is 3.16. The van der Waals surface area contributed by atoms with Crippen LogP contribution in [0.5, 0.6) is 5.75 Å². The van der Waals surface area contributed by atoms with Gasteiger partial charge in [-0.25, -0.2) is 0 Å². The van der Waals surface area contributed by atoms with Crippen molar-refractivity contribution in [1.29, 1.82) is 0 Å². The second-order valence-electron chi connectivity index (χ2n) is 4.98. The third-order valence-corrected chi connectivity index (χ3v) is 3.64. The molecule has 0 saturated heterocycles. The molecule has 1 saturated carbocycles. The summed E-state index contributed by atoms with van der Waals surface area (Å²) in [6.07, 6.45) is 3.37. The molecule has 1 aromatic carbocycles. The zero-order valence-corrected chi connectivity index (χ0v) is 11.4. The Labute approximate surface area is 113 Å². The van der Waals surface area contributed by atoms with E-state index >= 15 is 0 Å². The third-order valence-electron chi connectivity index (χ3n) is 3.41. The SMILES string of the molecule is C[C@H](N)c1cc(Cl)ccc1OC1CCCCC1O. The summed E-state index contributed by atoms with van der Waals surface area (Å²) in [6.45, 7) is 1.90. The summed E-state index contributed by atoms with van der Waals surface area (Å²) < 4.78 is 5.93. The molecule has 1 aliphatic rings. The van der Waals surface area contributed by atoms with Crippen molar-refractivity contribution in [2.45, 2.75) is 50.9 Å². The first-order valence-corrected chi connectivity index (χ1v) is 6.85. The minimum atomic E-state index is -0.379. The molecule has 4 heteroatoms. The highest BCUT2D eigenvalue weighted by Gasteiger charge is 2.25. The van der Waals surface area contributed by atoms with E-state index in [2.05, 4.69) is 0 Å². The Hall–Kier alpha value is -0.770. The number of hydrogen-bond acceptors (Lipinski definition) is 3. The topological polar surface area (TPSA) is 55.5 Å². The van der Waals surface area contributed by atoms with Crippen molar-refractivity contribution in [2.75, 3.05) is 0 Å². The normalized spacial score (nSPS) is 25.8. The molecule has 3 nitrogen and oxygen atoms in total. The molecule has 0 spiro atoms. The van der Waals surface area contributed by atoms with Crippen LogP contribution in [0.3, 0.4) is 0 Å². The predicted molar refractivity (Wildman–Crippen MR) is 72.9 cm³/mol. The number of halogens is 1. The van der Waals surface area contributed by atoms with Gasteiger partial charge in [0.2, 0.25) is 0 Å². The summed E-state index contributed by atoms with van der Waals surface area (Å²) in [5.41, 5.74) is 6.81. The van der Waals surface area contributed by atoms with E-state index in [1.165, 1.54) is 0 Å². The number of benzene rings is 1. The van der Waals surface area contributed by atoms with Crippen LogP contribution < -0.4 is 10.5 Å². The lowest BCUT2D eigenvalue weighted by atomic mass is 9.94. The highest BCUT2D eigenvalue weighted by atomic mass is 35.5. The number of nitrogens with two attached hydrogens (primary N) is 1. The van der Waals surface area contributed by atoms with Gasteiger partial charge in [0.1, 0.15) is 11.9 Å². The minimum Gasteiger partial charge on any atom is -0.487 e. The van der Waals surface area contributed by atoms with Gasteiger partial charge < -0.3 is 15.6 Å². The standard InChI is InChI=1S/C14H20ClNO2/c1-9(16)11-8-10(15)6-7-13(11)18-14-5-3-2-4-12(14)17/h6-9,12,14,17H,2-5,16H2,1H3/t9-,12?,14?/m0/s1. The van der Waals surface area contributed by atoms with Crippen LogP contribution in [0.1, 0.15) is 44.2 Å². The zero-order valence-electron chi connectivity index (χ0n) is 10.6. The molecule has 3 N–H and O–H groups in total. The average molecular weight is 270 g/mol. The smallest absolute Gasteiger partial charge is 0.124 e. The van der Waals surface area contributed by atoms with Crippen LogP contribution >= 0.6 is 11.6 Å². The second-order valence-corrected chi connectivity index (χ2v) is 5.42. The van der Waals surface area contributed by atoms with Crippen molar-refractivity contribution in [2.24, 2.45) is 5.73 Å². The first-order chi connectivity index (χ1) is 8.58. The van der Waals surface area contributed by atoms with Gasteiger partial charge >= 0.3 is 0 Å². The van der Waals surface area contributed by atoms with Crippen LogP contribution in [-0.4, -0.2) is 17.3 Å². The van der Waals surface area contributed by atoms with Gasteiger partial charge in [0, 0.05) is 16.6 Å². The van der Waals surface area contributed by atoms with E-state index in [4.69, 9.17) is 22.1 Å². The molecule has 0 aromatic heterocycles. The van der Waals surface area contributed by atoms with Crippen molar-refractivity contribution < 1.29 is 9.84 Å². The highest BCUT2D eigenvalue weighted by Crippen LogP contribution is 2.31. The van der Waals surface area contributed by atoms with Gasteiger partial charge in [-0.3, -0.25) is 0 Å². The van der Waals surface area contributed by atoms with Crippen LogP contribution in [0, 0.1) is 0 Å². The molecule has 0 aliphatic heterocycles. The van der Waals surface area contributed by atoms with Gasteiger partial charge in [-0.05, 0) is 44.4 Å². The van der Waals surface area contributed by atoms with Gasteiger partial charge in [-0.1, -0.05) is 18.0 Å². The Balaban J connectivity index is 2.17. The summed E-state index contributed by atoms with van der Waals surface area (Å²) >= 11 is 5.97. The molecule has 2 unspecified atom stereocenters. The van der Waals surface area contributed by atoms with Crippen LogP contribution in [0.2, 0.25) is 5.02 Å². The first kappa shape index (κ1) is 13.7. The molecule has 0 bridgehead atoms. The Kier molecular flexibility index (Phi) is 4.49. The van der Waals surface area contributed by atoms with Crippen molar-refractivity contribution in [3.8, 4) is 5.75 Å². The van der Waals surface area contributed by atoms with Gasteiger partial charge in [0.25, 0.3) is 0 Å². The van der Waals surface area contributed by atoms with Gasteiger partial charge in [-0.2, -0.15) is 0 Å². The first-order valence-electron chi connectivity index (χ1n) is 6.47. The Morgan fingerprint density at radius 3 is 2.78 bits per heavy atom. The van der Waals surface area contributed by atoms with Crippen LogP contribution in [0.15, 0.2) is 18.2 Å². The Bertz CT molecular complexity index is 409. The number of aliphatic hydroxyl groups excluding tert-OH is 1. The fourth-order valence-corrected chi connectivity index (χ4v) is 2.54. The molecule has 2 rings (SSSR count). The Morgan fingerprint density at radius 2 is 2.11 bits per heavy atom. The van der Waals surface area contributed by atoms with Gasteiger partial charge in [-0.15, -0.1) is 0 Å². The van der Waals surface area contributed by atoms with E-state index in [0.29, 0.717) is 5.02 Å². The lowest BCUT2D eigenvalue weighted by molar-refractivity contribution is 0.00627. The van der Waals surface area contributed by atoms with Crippen LogP contribution in [-0.2, 0) is 0 Å². The molecule has 1 fully saturated rings. The quantitative estimate of drug-likeness (QED) is 0.887. The van der Waals surface area contributed by atoms with Gasteiger partial charge in [0.15, 0.2) is 0 Å². The minimum absolute atomic E-state index is 0.127. The number of hydrogen-bond donors (Lipinski definition) is 2. The van der Waals surface area contributed by atoms with E-state index < -0.39 is 0 Å². The van der Waals surface area contributed by atoms with Crippen molar-refractivity contribution in [1.82, 2.24) is 0 Å². The van der Waals surface area contributed by atoms with E-state index in [1.807, 2.05) is 19.1 Å². The average Bonchev–Trinajstić information content (AvgIpc) is 2.34. The van der Waals surface area contributed by atoms with E-state index in [0.717, 1.165) is 37.0 Å². The maximum absolute atomic E-state index is 9.93. The molecule has 1 aromatic rings. The molecule has 100 valence electrons. The number of rotatable bonds is 3. The lowest BCUT2D eigenvalue weighted by Gasteiger charge is -2.29. The van der Waals surface area contributed by atoms with Crippen LogP contribution in [0.4, 0.5) is 0 Å².